The quantitative estimate of drug-likeness (QED) is 0.0793. The lowest BCUT2D eigenvalue weighted by Gasteiger charge is -2.25. The van der Waals surface area contributed by atoms with E-state index in [9.17, 15) is 29.3 Å². The molecular weight excluding hydrogens is 650 g/mol. The van der Waals surface area contributed by atoms with Crippen molar-refractivity contribution < 1.29 is 62.2 Å². The number of aliphatic hydroxyl groups is 3. The summed E-state index contributed by atoms with van der Waals surface area (Å²) in [5.41, 5.74) is 12.2. The number of imidazole rings is 2. The monoisotopic (exact) mass is 676 g/mol. The molecule has 0 aliphatic carbocycles. The number of ether oxygens (including phenoxy) is 2. The first kappa shape index (κ1) is 31.7. The number of aromatic nitrogens is 8. The molecule has 2 saturated heterocycles. The zero-order valence-corrected chi connectivity index (χ0v) is 24.3. The molecule has 0 bridgehead atoms. The van der Waals surface area contributed by atoms with E-state index < -0.39 is 77.9 Å². The van der Waals surface area contributed by atoms with Gasteiger partial charge in [0.05, 0.1) is 25.9 Å². The number of aliphatic hydroxyl groups excluding tert-OH is 3. The van der Waals surface area contributed by atoms with Crippen LogP contribution in [-0.4, -0.2) is 119 Å². The van der Waals surface area contributed by atoms with Crippen LogP contribution in [0.4, 0.5) is 11.6 Å². The molecule has 6 rings (SSSR count). The third-order valence-electron chi connectivity index (χ3n) is 7.04. The molecule has 23 nitrogen and oxygen atoms in total. The van der Waals surface area contributed by atoms with Crippen LogP contribution >= 0.6 is 15.6 Å². The van der Waals surface area contributed by atoms with E-state index in [0.717, 1.165) is 6.33 Å². The molecule has 0 saturated carbocycles. The Morgan fingerprint density at radius 2 is 1.24 bits per heavy atom. The summed E-state index contributed by atoms with van der Waals surface area (Å²) in [5.74, 6) is 0.0547. The first-order valence-electron chi connectivity index (χ1n) is 12.8. The SMILES string of the molecule is Nc1ncnc2c1ncn2[C@@H]1O[C@H](COP(=O)(O)O[C@@H]2[C@H](O)[C@@H](COP(=O)(O)O)O[C@H]2n2cnc3c(N)ncnc32)[C@@H](O)[C@H]1O. The minimum Gasteiger partial charge on any atom is -0.387 e. The number of hydrogen-bond donors (Lipinski definition) is 8. The normalized spacial score (nSPS) is 30.4. The molecule has 0 amide bonds. The van der Waals surface area contributed by atoms with E-state index in [1.165, 1.54) is 28.1 Å². The molecule has 244 valence electrons. The molecule has 2 fully saturated rings. The number of nitrogen functional groups attached to an aromatic ring is 2. The highest BCUT2D eigenvalue weighted by atomic mass is 31.2. The summed E-state index contributed by atoms with van der Waals surface area (Å²) >= 11 is 0. The third kappa shape index (κ3) is 6.14. The highest BCUT2D eigenvalue weighted by Gasteiger charge is 2.51. The van der Waals surface area contributed by atoms with Crippen molar-refractivity contribution in [2.45, 2.75) is 49.1 Å². The lowest BCUT2D eigenvalue weighted by molar-refractivity contribution is -0.0613. The second-order valence-electron chi connectivity index (χ2n) is 9.89. The van der Waals surface area contributed by atoms with Crippen molar-refractivity contribution in [3.63, 3.8) is 0 Å². The topological polar surface area (TPSA) is 341 Å². The van der Waals surface area contributed by atoms with Gasteiger partial charge >= 0.3 is 15.6 Å². The van der Waals surface area contributed by atoms with Gasteiger partial charge < -0.3 is 50.9 Å². The molecule has 0 radical (unpaired) electrons. The largest absolute Gasteiger partial charge is 0.472 e. The molecule has 9 atom stereocenters. The second-order valence-corrected chi connectivity index (χ2v) is 12.5. The molecule has 0 aromatic carbocycles. The van der Waals surface area contributed by atoms with Gasteiger partial charge in [-0.25, -0.2) is 39.0 Å². The third-order valence-corrected chi connectivity index (χ3v) is 8.51. The number of fused-ring (bicyclic) bond motifs is 2. The van der Waals surface area contributed by atoms with Crippen molar-refractivity contribution in [1.29, 1.82) is 0 Å². The maximum atomic E-state index is 13.1. The average molecular weight is 676 g/mol. The van der Waals surface area contributed by atoms with Gasteiger partial charge in [0.15, 0.2) is 35.4 Å². The minimum absolute atomic E-state index is 0.0115. The van der Waals surface area contributed by atoms with Crippen molar-refractivity contribution >= 4 is 49.6 Å². The fourth-order valence-corrected chi connectivity index (χ4v) is 6.20. The number of nitrogens with two attached hydrogens (primary N) is 2. The van der Waals surface area contributed by atoms with Crippen LogP contribution in [0.3, 0.4) is 0 Å². The first-order valence-corrected chi connectivity index (χ1v) is 15.8. The molecule has 6 heterocycles. The Labute approximate surface area is 250 Å². The van der Waals surface area contributed by atoms with Gasteiger partial charge in [0.1, 0.15) is 60.3 Å². The minimum atomic E-state index is -5.14. The Bertz CT molecular complexity index is 1800. The zero-order valence-electron chi connectivity index (χ0n) is 22.5. The highest BCUT2D eigenvalue weighted by Crippen LogP contribution is 2.50. The molecule has 4 aromatic heterocycles. The average Bonchev–Trinajstić information content (AvgIpc) is 3.73. The molecule has 2 aliphatic heterocycles. The van der Waals surface area contributed by atoms with E-state index in [0.29, 0.717) is 0 Å². The van der Waals surface area contributed by atoms with Crippen LogP contribution in [0.15, 0.2) is 25.3 Å². The fraction of sp³-hybridized carbons (Fsp3) is 0.500. The molecular formula is C20H26N10O13P2. The number of phosphoric acid groups is 2. The van der Waals surface area contributed by atoms with Crippen molar-refractivity contribution in [2.75, 3.05) is 24.7 Å². The zero-order chi connectivity index (χ0) is 32.3. The predicted molar refractivity (Wildman–Crippen MR) is 144 cm³/mol. The number of anilines is 2. The smallest absolute Gasteiger partial charge is 0.387 e. The molecule has 10 N–H and O–H groups in total. The highest BCUT2D eigenvalue weighted by molar-refractivity contribution is 7.47. The van der Waals surface area contributed by atoms with Gasteiger partial charge in [-0.3, -0.25) is 22.7 Å². The Balaban J connectivity index is 1.19. The van der Waals surface area contributed by atoms with E-state index in [-0.39, 0.29) is 34.0 Å². The van der Waals surface area contributed by atoms with Crippen LogP contribution in [-0.2, 0) is 32.2 Å². The fourth-order valence-electron chi connectivity index (χ4n) is 4.93. The van der Waals surface area contributed by atoms with Crippen LogP contribution in [0.5, 0.6) is 0 Å². The van der Waals surface area contributed by atoms with Crippen molar-refractivity contribution in [3.8, 4) is 0 Å². The van der Waals surface area contributed by atoms with E-state index in [1.807, 2.05) is 0 Å². The number of phosphoric ester groups is 2. The Morgan fingerprint density at radius 1 is 0.733 bits per heavy atom. The van der Waals surface area contributed by atoms with E-state index in [1.54, 1.807) is 0 Å². The second kappa shape index (κ2) is 11.8. The molecule has 2 aliphatic rings. The first-order chi connectivity index (χ1) is 21.2. The summed E-state index contributed by atoms with van der Waals surface area (Å²) in [7, 11) is -10.1. The van der Waals surface area contributed by atoms with Gasteiger partial charge in [-0.05, 0) is 0 Å². The standard InChI is InChI=1S/C20H26N10O13P2/c21-15-9-17(25-3-23-15)29(5-27-9)19-13(33)11(31)7(41-19)2-40-45(37,38)43-14-12(32)8(1-39-44(34,35)36)42-20(14)30-6-28-10-16(22)24-4-26-18(10)30/h3-8,11-14,19-20,31-33H,1-2H2,(H,37,38)(H2,21,23,25)(H2,22,24,26)(H2,34,35,36)/t7-,8-,11-,12-,13-,14-,19-,20-/m1/s1. The summed E-state index contributed by atoms with van der Waals surface area (Å²) in [6.07, 6.45) is -7.61. The van der Waals surface area contributed by atoms with Crippen LogP contribution in [0.1, 0.15) is 12.5 Å². The molecule has 0 spiro atoms. The summed E-state index contributed by atoms with van der Waals surface area (Å²) in [6, 6.07) is 0. The van der Waals surface area contributed by atoms with Gasteiger partial charge in [-0.15, -0.1) is 0 Å². The summed E-state index contributed by atoms with van der Waals surface area (Å²) in [4.78, 5) is 52.7. The maximum absolute atomic E-state index is 13.1. The Hall–Kier alpha value is -3.28. The van der Waals surface area contributed by atoms with Crippen molar-refractivity contribution in [1.82, 2.24) is 39.0 Å². The van der Waals surface area contributed by atoms with Crippen molar-refractivity contribution in [3.05, 3.63) is 25.3 Å². The van der Waals surface area contributed by atoms with Crippen LogP contribution in [0, 0.1) is 0 Å². The van der Waals surface area contributed by atoms with Crippen molar-refractivity contribution in [2.24, 2.45) is 0 Å². The lowest BCUT2D eigenvalue weighted by Crippen LogP contribution is -2.36. The summed E-state index contributed by atoms with van der Waals surface area (Å²) in [6.45, 7) is -1.63. The lowest BCUT2D eigenvalue weighted by atomic mass is 10.1. The van der Waals surface area contributed by atoms with Crippen LogP contribution < -0.4 is 11.5 Å². The van der Waals surface area contributed by atoms with Gasteiger partial charge in [-0.1, -0.05) is 0 Å². The van der Waals surface area contributed by atoms with Gasteiger partial charge in [0.2, 0.25) is 0 Å². The van der Waals surface area contributed by atoms with E-state index in [4.69, 9.17) is 39.8 Å². The van der Waals surface area contributed by atoms with Crippen LogP contribution in [0.25, 0.3) is 22.3 Å². The van der Waals surface area contributed by atoms with Gasteiger partial charge in [0, 0.05) is 0 Å². The molecule has 45 heavy (non-hydrogen) atoms. The van der Waals surface area contributed by atoms with E-state index in [2.05, 4.69) is 34.4 Å². The number of nitrogens with zero attached hydrogens (tertiary/aromatic N) is 8. The maximum Gasteiger partial charge on any atom is 0.472 e. The predicted octanol–water partition coefficient (Wildman–Crippen LogP) is -2.68. The molecule has 25 heteroatoms. The summed E-state index contributed by atoms with van der Waals surface area (Å²) < 4.78 is 53.0. The van der Waals surface area contributed by atoms with Gasteiger partial charge in [0.25, 0.3) is 0 Å². The molecule has 4 aromatic rings. The van der Waals surface area contributed by atoms with Gasteiger partial charge in [-0.2, -0.15) is 0 Å². The van der Waals surface area contributed by atoms with E-state index >= 15 is 0 Å². The van der Waals surface area contributed by atoms with Crippen LogP contribution in [0.2, 0.25) is 0 Å². The number of hydrogen-bond acceptors (Lipinski definition) is 18. The molecule has 1 unspecified atom stereocenters. The Morgan fingerprint density at radius 3 is 1.82 bits per heavy atom. The number of rotatable bonds is 10. The summed E-state index contributed by atoms with van der Waals surface area (Å²) in [5, 5.41) is 32.2. The Kier molecular flexibility index (Phi) is 8.33.